The highest BCUT2D eigenvalue weighted by Crippen LogP contribution is 2.32. The fourth-order valence-electron chi connectivity index (χ4n) is 2.10. The average molecular weight is 268 g/mol. The molecule has 1 aromatic rings. The molecule has 2 rings (SSSR count). The lowest BCUT2D eigenvalue weighted by molar-refractivity contribution is -0.137. The molecule has 1 aromatic heterocycles. The summed E-state index contributed by atoms with van der Waals surface area (Å²) in [5.41, 5.74) is 1.22. The van der Waals surface area contributed by atoms with E-state index in [1.165, 1.54) is 17.5 Å². The van der Waals surface area contributed by atoms with Gasteiger partial charge in [-0.2, -0.15) is 0 Å². The molecule has 0 saturated carbocycles. The smallest absolute Gasteiger partial charge is 0.319 e. The summed E-state index contributed by atoms with van der Waals surface area (Å²) >= 11 is 1.53. The lowest BCUT2D eigenvalue weighted by atomic mass is 10.1. The second-order valence-electron chi connectivity index (χ2n) is 5.15. The van der Waals surface area contributed by atoms with E-state index < -0.39 is 0 Å². The van der Waals surface area contributed by atoms with Crippen LogP contribution in [0, 0.1) is 0 Å². The molecule has 0 radical (unpaired) electrons. The summed E-state index contributed by atoms with van der Waals surface area (Å²) in [6.45, 7) is 9.15. The Bertz CT molecular complexity index is 440. The maximum Gasteiger partial charge on any atom is 0.319 e. The van der Waals surface area contributed by atoms with Crippen LogP contribution in [0.4, 0.5) is 0 Å². The molecule has 0 bridgehead atoms. The van der Waals surface area contributed by atoms with Gasteiger partial charge in [-0.05, 0) is 19.8 Å². The van der Waals surface area contributed by atoms with Gasteiger partial charge in [0.1, 0.15) is 5.25 Å². The van der Waals surface area contributed by atoms with Gasteiger partial charge in [0, 0.05) is 24.4 Å². The predicted molar refractivity (Wildman–Crippen MR) is 71.9 cm³/mol. The van der Waals surface area contributed by atoms with Crippen LogP contribution in [-0.2, 0) is 9.53 Å². The maximum atomic E-state index is 11.5. The molecule has 0 unspecified atom stereocenters. The Morgan fingerprint density at radius 1 is 1.44 bits per heavy atom. The van der Waals surface area contributed by atoms with Crippen molar-refractivity contribution in [3.8, 4) is 0 Å². The molecule has 1 fully saturated rings. The standard InChI is InChI=1S/C13H20N2O2S/c1-8(2)10-7-14-13(15(10)9(3)4)18-11-5-6-17-12(11)16/h7-9,11H,5-6H2,1-4H3/t11-/m1/s1. The van der Waals surface area contributed by atoms with Crippen molar-refractivity contribution < 1.29 is 9.53 Å². The SMILES string of the molecule is CC(C)c1cnc(S[C@@H]2CCOC2=O)n1C(C)C. The summed E-state index contributed by atoms with van der Waals surface area (Å²) in [6.07, 6.45) is 2.71. The second-order valence-corrected chi connectivity index (χ2v) is 6.32. The molecule has 0 N–H and O–H groups in total. The third-order valence-electron chi connectivity index (χ3n) is 3.03. The number of nitrogens with zero attached hydrogens (tertiary/aromatic N) is 2. The molecule has 5 heteroatoms. The summed E-state index contributed by atoms with van der Waals surface area (Å²) in [5.74, 6) is 0.328. The van der Waals surface area contributed by atoms with Crippen LogP contribution in [0.5, 0.6) is 0 Å². The number of carbonyl (C=O) groups is 1. The summed E-state index contributed by atoms with van der Waals surface area (Å²) < 4.78 is 7.22. The van der Waals surface area contributed by atoms with Crippen LogP contribution < -0.4 is 0 Å². The maximum absolute atomic E-state index is 11.5. The average Bonchev–Trinajstić information content (AvgIpc) is 2.86. The van der Waals surface area contributed by atoms with Crippen LogP contribution in [0.15, 0.2) is 11.4 Å². The highest BCUT2D eigenvalue weighted by atomic mass is 32.2. The molecule has 1 atom stereocenters. The van der Waals surface area contributed by atoms with Crippen LogP contribution in [0.25, 0.3) is 0 Å². The zero-order chi connectivity index (χ0) is 13.3. The molecule has 0 aromatic carbocycles. The first-order chi connectivity index (χ1) is 8.50. The molecule has 0 aliphatic carbocycles. The van der Waals surface area contributed by atoms with E-state index in [1.54, 1.807) is 0 Å². The minimum Gasteiger partial charge on any atom is -0.465 e. The Hall–Kier alpha value is -0.970. The number of hydrogen-bond donors (Lipinski definition) is 0. The van der Waals surface area contributed by atoms with Gasteiger partial charge in [0.2, 0.25) is 0 Å². The number of imidazole rings is 1. The van der Waals surface area contributed by atoms with E-state index in [0.717, 1.165) is 11.6 Å². The van der Waals surface area contributed by atoms with E-state index in [-0.39, 0.29) is 11.2 Å². The van der Waals surface area contributed by atoms with Crippen LogP contribution in [0.2, 0.25) is 0 Å². The highest BCUT2D eigenvalue weighted by molar-refractivity contribution is 8.00. The van der Waals surface area contributed by atoms with Crippen LogP contribution in [0.1, 0.15) is 51.8 Å². The first-order valence-corrected chi connectivity index (χ1v) is 7.29. The third-order valence-corrected chi connectivity index (χ3v) is 4.26. The predicted octanol–water partition coefficient (Wildman–Crippen LogP) is 3.00. The Balaban J connectivity index is 2.24. The Morgan fingerprint density at radius 2 is 2.17 bits per heavy atom. The van der Waals surface area contributed by atoms with Gasteiger partial charge in [0.15, 0.2) is 5.16 Å². The molecule has 4 nitrogen and oxygen atoms in total. The van der Waals surface area contributed by atoms with Gasteiger partial charge in [-0.1, -0.05) is 25.6 Å². The first kappa shape index (κ1) is 13.5. The molecule has 1 saturated heterocycles. The number of aromatic nitrogens is 2. The molecule has 100 valence electrons. The van der Waals surface area contributed by atoms with Gasteiger partial charge in [-0.3, -0.25) is 4.79 Å². The molecule has 0 spiro atoms. The molecule has 0 amide bonds. The van der Waals surface area contributed by atoms with Crippen LogP contribution >= 0.6 is 11.8 Å². The van der Waals surface area contributed by atoms with Crippen molar-refractivity contribution in [3.05, 3.63) is 11.9 Å². The highest BCUT2D eigenvalue weighted by Gasteiger charge is 2.30. The Kier molecular flexibility index (Phi) is 4.00. The van der Waals surface area contributed by atoms with Crippen molar-refractivity contribution in [2.24, 2.45) is 0 Å². The largest absolute Gasteiger partial charge is 0.465 e. The van der Waals surface area contributed by atoms with Crippen molar-refractivity contribution >= 4 is 17.7 Å². The minimum absolute atomic E-state index is 0.0927. The zero-order valence-electron chi connectivity index (χ0n) is 11.3. The molecule has 2 heterocycles. The lowest BCUT2D eigenvalue weighted by Gasteiger charge is -2.17. The van der Waals surface area contributed by atoms with Crippen LogP contribution in [-0.4, -0.2) is 27.4 Å². The van der Waals surface area contributed by atoms with Crippen LogP contribution in [0.3, 0.4) is 0 Å². The summed E-state index contributed by atoms with van der Waals surface area (Å²) in [4.78, 5) is 16.0. The van der Waals surface area contributed by atoms with Gasteiger partial charge >= 0.3 is 5.97 Å². The lowest BCUT2D eigenvalue weighted by Crippen LogP contribution is -2.13. The number of carbonyl (C=O) groups excluding carboxylic acids is 1. The fraction of sp³-hybridized carbons (Fsp3) is 0.692. The molecular weight excluding hydrogens is 248 g/mol. The third kappa shape index (κ3) is 2.55. The van der Waals surface area contributed by atoms with E-state index in [9.17, 15) is 4.79 Å². The van der Waals surface area contributed by atoms with Gasteiger partial charge < -0.3 is 9.30 Å². The van der Waals surface area contributed by atoms with Crippen molar-refractivity contribution in [1.29, 1.82) is 0 Å². The van der Waals surface area contributed by atoms with E-state index in [1.807, 2.05) is 6.20 Å². The minimum atomic E-state index is -0.107. The van der Waals surface area contributed by atoms with Crippen molar-refractivity contribution in [2.75, 3.05) is 6.61 Å². The number of ether oxygens (including phenoxy) is 1. The van der Waals surface area contributed by atoms with E-state index in [4.69, 9.17) is 4.74 Å². The van der Waals surface area contributed by atoms with Crippen molar-refractivity contribution in [2.45, 2.75) is 56.5 Å². The van der Waals surface area contributed by atoms with E-state index in [2.05, 4.69) is 37.2 Å². The van der Waals surface area contributed by atoms with Crippen molar-refractivity contribution in [3.63, 3.8) is 0 Å². The molecular formula is C13H20N2O2S. The summed E-state index contributed by atoms with van der Waals surface area (Å²) in [6, 6.07) is 0.352. The van der Waals surface area contributed by atoms with Gasteiger partial charge in [-0.15, -0.1) is 0 Å². The molecule has 1 aliphatic rings. The fourth-order valence-corrected chi connectivity index (χ4v) is 3.28. The van der Waals surface area contributed by atoms with Gasteiger partial charge in [0.05, 0.1) is 6.61 Å². The summed E-state index contributed by atoms with van der Waals surface area (Å²) in [5, 5.41) is 0.836. The van der Waals surface area contributed by atoms with E-state index >= 15 is 0 Å². The van der Waals surface area contributed by atoms with Crippen molar-refractivity contribution in [1.82, 2.24) is 9.55 Å². The number of rotatable bonds is 4. The zero-order valence-corrected chi connectivity index (χ0v) is 12.2. The summed E-state index contributed by atoms with van der Waals surface area (Å²) in [7, 11) is 0. The Labute approximate surface area is 112 Å². The topological polar surface area (TPSA) is 44.1 Å². The number of thioether (sulfide) groups is 1. The first-order valence-electron chi connectivity index (χ1n) is 6.41. The Morgan fingerprint density at radius 3 is 2.67 bits per heavy atom. The number of cyclic esters (lactones) is 1. The van der Waals surface area contributed by atoms with E-state index in [0.29, 0.717) is 18.6 Å². The normalized spacial score (nSPS) is 19.9. The van der Waals surface area contributed by atoms with Gasteiger partial charge in [0.25, 0.3) is 0 Å². The number of esters is 1. The number of hydrogen-bond acceptors (Lipinski definition) is 4. The molecule has 18 heavy (non-hydrogen) atoms. The second kappa shape index (κ2) is 5.34. The molecule has 1 aliphatic heterocycles. The monoisotopic (exact) mass is 268 g/mol. The quantitative estimate of drug-likeness (QED) is 0.787. The van der Waals surface area contributed by atoms with Gasteiger partial charge in [-0.25, -0.2) is 4.98 Å².